The number of nitrogens with zero attached hydrogens (tertiary/aromatic N) is 2. The van der Waals surface area contributed by atoms with Gasteiger partial charge >= 0.3 is 0 Å². The molecule has 1 aromatic rings. The Hall–Kier alpha value is -0.480. The quantitative estimate of drug-likeness (QED) is 0.811. The van der Waals surface area contributed by atoms with Gasteiger partial charge in [-0.15, -0.1) is 10.2 Å². The summed E-state index contributed by atoms with van der Waals surface area (Å²) in [4.78, 5) is 0. The van der Waals surface area contributed by atoms with Crippen molar-refractivity contribution in [2.24, 2.45) is 5.92 Å². The third-order valence-corrected chi connectivity index (χ3v) is 3.85. The van der Waals surface area contributed by atoms with Crippen molar-refractivity contribution in [3.63, 3.8) is 0 Å². The lowest BCUT2D eigenvalue weighted by molar-refractivity contribution is 0.648. The van der Waals surface area contributed by atoms with E-state index in [1.807, 2.05) is 0 Å². The zero-order chi connectivity index (χ0) is 9.97. The predicted octanol–water partition coefficient (Wildman–Crippen LogP) is 2.16. The molecule has 1 heterocycles. The van der Waals surface area contributed by atoms with E-state index in [9.17, 15) is 0 Å². The second-order valence-corrected chi connectivity index (χ2v) is 5.03. The van der Waals surface area contributed by atoms with Crippen molar-refractivity contribution in [3.05, 3.63) is 10.0 Å². The van der Waals surface area contributed by atoms with Gasteiger partial charge in [0.15, 0.2) is 0 Å². The van der Waals surface area contributed by atoms with E-state index in [0.717, 1.165) is 24.0 Å². The summed E-state index contributed by atoms with van der Waals surface area (Å²) in [6.45, 7) is 6.24. The molecule has 0 radical (unpaired) electrons. The molecule has 4 heteroatoms. The van der Waals surface area contributed by atoms with E-state index in [4.69, 9.17) is 0 Å². The number of rotatable bonds is 5. The van der Waals surface area contributed by atoms with E-state index in [0.29, 0.717) is 5.92 Å². The van der Waals surface area contributed by atoms with Crippen LogP contribution in [0.2, 0.25) is 0 Å². The fourth-order valence-corrected chi connectivity index (χ4v) is 2.51. The average Bonchev–Trinajstić information content (AvgIpc) is 2.94. The second kappa shape index (κ2) is 4.36. The third kappa shape index (κ3) is 2.30. The van der Waals surface area contributed by atoms with Gasteiger partial charge in [-0.2, -0.15) is 0 Å². The summed E-state index contributed by atoms with van der Waals surface area (Å²) >= 11 is 1.76. The van der Waals surface area contributed by atoms with E-state index in [-0.39, 0.29) is 0 Å². The first-order chi connectivity index (χ1) is 6.81. The Bertz CT molecular complexity index is 293. The molecule has 1 fully saturated rings. The van der Waals surface area contributed by atoms with E-state index >= 15 is 0 Å². The molecule has 1 aliphatic rings. The van der Waals surface area contributed by atoms with Crippen LogP contribution in [-0.4, -0.2) is 16.7 Å². The minimum atomic E-state index is 0.628. The van der Waals surface area contributed by atoms with E-state index in [1.54, 1.807) is 11.3 Å². The summed E-state index contributed by atoms with van der Waals surface area (Å²) < 4.78 is 0. The summed E-state index contributed by atoms with van der Waals surface area (Å²) in [6.07, 6.45) is 2.76. The van der Waals surface area contributed by atoms with Crippen LogP contribution in [-0.2, 0) is 6.54 Å². The van der Waals surface area contributed by atoms with Crippen molar-refractivity contribution in [3.8, 4) is 0 Å². The predicted molar refractivity (Wildman–Crippen MR) is 58.4 cm³/mol. The maximum absolute atomic E-state index is 4.26. The van der Waals surface area contributed by atoms with Crippen molar-refractivity contribution in [1.29, 1.82) is 0 Å². The van der Waals surface area contributed by atoms with Gasteiger partial charge in [0.25, 0.3) is 0 Å². The third-order valence-electron chi connectivity index (χ3n) is 2.73. The lowest BCUT2D eigenvalue weighted by Crippen LogP contribution is -2.11. The summed E-state index contributed by atoms with van der Waals surface area (Å²) in [5, 5.41) is 14.1. The Kier molecular flexibility index (Phi) is 3.13. The van der Waals surface area contributed by atoms with Crippen LogP contribution in [0.25, 0.3) is 0 Å². The lowest BCUT2D eigenvalue weighted by Gasteiger charge is -2.02. The maximum atomic E-state index is 4.26. The summed E-state index contributed by atoms with van der Waals surface area (Å²) in [5.74, 6) is 1.51. The number of aromatic nitrogens is 2. The van der Waals surface area contributed by atoms with E-state index < -0.39 is 0 Å². The molecule has 1 N–H and O–H groups in total. The van der Waals surface area contributed by atoms with Crippen LogP contribution >= 0.6 is 11.3 Å². The number of hydrogen-bond donors (Lipinski definition) is 1. The Labute approximate surface area is 88.9 Å². The standard InChI is InChI=1S/C10H17N3S/c1-3-11-6-9-12-13-10(14-9)7(2)8-4-5-8/h7-8,11H,3-6H2,1-2H3. The topological polar surface area (TPSA) is 37.8 Å². The van der Waals surface area contributed by atoms with Crippen molar-refractivity contribution in [2.75, 3.05) is 6.54 Å². The van der Waals surface area contributed by atoms with Crippen LogP contribution in [0.1, 0.15) is 42.6 Å². The first-order valence-corrected chi connectivity index (χ1v) is 6.16. The van der Waals surface area contributed by atoms with Crippen molar-refractivity contribution >= 4 is 11.3 Å². The molecule has 1 aromatic heterocycles. The highest BCUT2D eigenvalue weighted by Gasteiger charge is 2.31. The van der Waals surface area contributed by atoms with Crippen molar-refractivity contribution in [1.82, 2.24) is 15.5 Å². The fraction of sp³-hybridized carbons (Fsp3) is 0.800. The molecular formula is C10H17N3S. The minimum Gasteiger partial charge on any atom is -0.311 e. The molecule has 3 nitrogen and oxygen atoms in total. The lowest BCUT2D eigenvalue weighted by atomic mass is 10.1. The van der Waals surface area contributed by atoms with Crippen molar-refractivity contribution in [2.45, 2.75) is 39.2 Å². The molecule has 0 bridgehead atoms. The summed E-state index contributed by atoms with van der Waals surface area (Å²) in [5.41, 5.74) is 0. The molecule has 1 saturated carbocycles. The molecule has 0 aromatic carbocycles. The molecule has 1 atom stereocenters. The van der Waals surface area contributed by atoms with Gasteiger partial charge in [0.2, 0.25) is 0 Å². The average molecular weight is 211 g/mol. The normalized spacial score (nSPS) is 18.4. The van der Waals surface area contributed by atoms with Gasteiger partial charge in [0.1, 0.15) is 10.0 Å². The van der Waals surface area contributed by atoms with Crippen LogP contribution in [0.5, 0.6) is 0 Å². The van der Waals surface area contributed by atoms with E-state index in [2.05, 4.69) is 29.4 Å². The fourth-order valence-electron chi connectivity index (χ4n) is 1.55. The molecule has 14 heavy (non-hydrogen) atoms. The molecule has 0 spiro atoms. The van der Waals surface area contributed by atoms with Crippen LogP contribution in [0, 0.1) is 5.92 Å². The highest BCUT2D eigenvalue weighted by molar-refractivity contribution is 7.11. The Balaban J connectivity index is 1.94. The van der Waals surface area contributed by atoms with Gasteiger partial charge in [0.05, 0.1) is 0 Å². The zero-order valence-electron chi connectivity index (χ0n) is 8.79. The highest BCUT2D eigenvalue weighted by Crippen LogP contribution is 2.42. The molecule has 0 saturated heterocycles. The SMILES string of the molecule is CCNCc1nnc(C(C)C2CC2)s1. The van der Waals surface area contributed by atoms with Crippen LogP contribution in [0.15, 0.2) is 0 Å². The van der Waals surface area contributed by atoms with Gasteiger partial charge in [-0.25, -0.2) is 0 Å². The van der Waals surface area contributed by atoms with Gasteiger partial charge in [0, 0.05) is 12.5 Å². The van der Waals surface area contributed by atoms with Crippen LogP contribution in [0.4, 0.5) is 0 Å². The zero-order valence-corrected chi connectivity index (χ0v) is 9.60. The molecule has 1 unspecified atom stereocenters. The monoisotopic (exact) mass is 211 g/mol. The summed E-state index contributed by atoms with van der Waals surface area (Å²) in [7, 11) is 0. The second-order valence-electron chi connectivity index (χ2n) is 3.94. The Morgan fingerprint density at radius 3 is 2.93 bits per heavy atom. The smallest absolute Gasteiger partial charge is 0.131 e. The Morgan fingerprint density at radius 2 is 2.29 bits per heavy atom. The van der Waals surface area contributed by atoms with Gasteiger partial charge in [-0.05, 0) is 25.3 Å². The number of nitrogens with one attached hydrogen (secondary N) is 1. The van der Waals surface area contributed by atoms with Crippen LogP contribution < -0.4 is 5.32 Å². The maximum Gasteiger partial charge on any atom is 0.131 e. The first kappa shape index (κ1) is 10.1. The first-order valence-electron chi connectivity index (χ1n) is 5.34. The molecule has 0 amide bonds. The molecule has 1 aliphatic carbocycles. The Morgan fingerprint density at radius 1 is 1.50 bits per heavy atom. The van der Waals surface area contributed by atoms with Crippen LogP contribution in [0.3, 0.4) is 0 Å². The largest absolute Gasteiger partial charge is 0.311 e. The highest BCUT2D eigenvalue weighted by atomic mass is 32.1. The summed E-state index contributed by atoms with van der Waals surface area (Å²) in [6, 6.07) is 0. The van der Waals surface area contributed by atoms with Gasteiger partial charge in [-0.3, -0.25) is 0 Å². The molecule has 2 rings (SSSR count). The molecular weight excluding hydrogens is 194 g/mol. The minimum absolute atomic E-state index is 0.628. The molecule has 78 valence electrons. The van der Waals surface area contributed by atoms with Gasteiger partial charge in [-0.1, -0.05) is 25.2 Å². The van der Waals surface area contributed by atoms with Crippen molar-refractivity contribution < 1.29 is 0 Å². The number of hydrogen-bond acceptors (Lipinski definition) is 4. The van der Waals surface area contributed by atoms with E-state index in [1.165, 1.54) is 17.8 Å². The van der Waals surface area contributed by atoms with Gasteiger partial charge < -0.3 is 5.32 Å². The molecule has 0 aliphatic heterocycles.